The van der Waals surface area contributed by atoms with Gasteiger partial charge in [0.05, 0.1) is 5.52 Å². The van der Waals surface area contributed by atoms with Crippen LogP contribution in [0.4, 0.5) is 10.2 Å². The highest BCUT2D eigenvalue weighted by atomic mass is 19.1. The van der Waals surface area contributed by atoms with Gasteiger partial charge in [-0.15, -0.1) is 0 Å². The fraction of sp³-hybridized carbons (Fsp3) is 0.348. The highest BCUT2D eigenvalue weighted by Crippen LogP contribution is 2.42. The summed E-state index contributed by atoms with van der Waals surface area (Å²) in [5, 5.41) is 11.0. The number of halogens is 1. The predicted octanol–water partition coefficient (Wildman–Crippen LogP) is 5.72. The molecule has 0 saturated carbocycles. The van der Waals surface area contributed by atoms with Crippen molar-refractivity contribution >= 4 is 16.7 Å². The number of hydrogen-bond acceptors (Lipinski definition) is 3. The van der Waals surface area contributed by atoms with Crippen molar-refractivity contribution in [1.82, 2.24) is 4.98 Å². The van der Waals surface area contributed by atoms with Gasteiger partial charge in [0.2, 0.25) is 0 Å². The standard InChI is InChI=1S/C23H25FN2O/c1-14(2)21-22(16-4-6-17(24)7-5-16)19-9-8-18(27)12-20(19)25-23(21)26-11-10-15(3)13-26/h4-9,12,14-15,27H,10-11,13H2,1-3H3/t15-/m1/s1. The summed E-state index contributed by atoms with van der Waals surface area (Å²) in [4.78, 5) is 7.33. The first-order valence-corrected chi connectivity index (χ1v) is 9.61. The summed E-state index contributed by atoms with van der Waals surface area (Å²) in [5.74, 6) is 1.86. The Morgan fingerprint density at radius 1 is 1.15 bits per heavy atom. The number of rotatable bonds is 3. The molecule has 0 amide bonds. The molecule has 0 radical (unpaired) electrons. The molecule has 4 rings (SSSR count). The van der Waals surface area contributed by atoms with E-state index in [1.807, 2.05) is 18.2 Å². The number of pyridine rings is 1. The second-order valence-corrected chi connectivity index (χ2v) is 7.93. The zero-order chi connectivity index (χ0) is 19.1. The van der Waals surface area contributed by atoms with E-state index in [0.717, 1.165) is 47.4 Å². The van der Waals surface area contributed by atoms with Crippen molar-refractivity contribution in [2.45, 2.75) is 33.1 Å². The van der Waals surface area contributed by atoms with E-state index in [4.69, 9.17) is 4.98 Å². The summed E-state index contributed by atoms with van der Waals surface area (Å²) in [7, 11) is 0. The molecule has 2 aromatic carbocycles. The molecule has 0 spiro atoms. The number of fused-ring (bicyclic) bond motifs is 1. The number of phenolic OH excluding ortho intramolecular Hbond substituents is 1. The zero-order valence-electron chi connectivity index (χ0n) is 16.0. The lowest BCUT2D eigenvalue weighted by atomic mass is 9.89. The molecule has 3 nitrogen and oxygen atoms in total. The Labute approximate surface area is 159 Å². The summed E-state index contributed by atoms with van der Waals surface area (Å²) in [6.45, 7) is 8.60. The van der Waals surface area contributed by atoms with Gasteiger partial charge in [-0.05, 0) is 53.6 Å². The van der Waals surface area contributed by atoms with Crippen LogP contribution in [0.15, 0.2) is 42.5 Å². The van der Waals surface area contributed by atoms with E-state index < -0.39 is 0 Å². The molecule has 2 heterocycles. The zero-order valence-corrected chi connectivity index (χ0v) is 16.0. The normalized spacial score (nSPS) is 17.2. The van der Waals surface area contributed by atoms with E-state index in [9.17, 15) is 9.50 Å². The van der Waals surface area contributed by atoms with E-state index >= 15 is 0 Å². The van der Waals surface area contributed by atoms with Crippen LogP contribution >= 0.6 is 0 Å². The molecule has 0 bridgehead atoms. The minimum atomic E-state index is -0.241. The summed E-state index contributed by atoms with van der Waals surface area (Å²) in [6, 6.07) is 12.0. The maximum atomic E-state index is 13.5. The second kappa shape index (κ2) is 6.84. The average molecular weight is 364 g/mol. The highest BCUT2D eigenvalue weighted by Gasteiger charge is 2.27. The lowest BCUT2D eigenvalue weighted by Gasteiger charge is -2.26. The molecule has 140 valence electrons. The number of aromatic nitrogens is 1. The first-order valence-electron chi connectivity index (χ1n) is 9.61. The second-order valence-electron chi connectivity index (χ2n) is 7.93. The van der Waals surface area contributed by atoms with Crippen LogP contribution in [0.25, 0.3) is 22.0 Å². The molecule has 1 saturated heterocycles. The van der Waals surface area contributed by atoms with Crippen molar-refractivity contribution in [3.63, 3.8) is 0 Å². The SMILES string of the molecule is CC(C)c1c(N2CC[C@@H](C)C2)nc2cc(O)ccc2c1-c1ccc(F)cc1. The molecule has 0 aliphatic carbocycles. The lowest BCUT2D eigenvalue weighted by molar-refractivity contribution is 0.476. The van der Waals surface area contributed by atoms with Crippen LogP contribution in [0.5, 0.6) is 5.75 Å². The van der Waals surface area contributed by atoms with Crippen molar-refractivity contribution in [2.75, 3.05) is 18.0 Å². The molecule has 0 unspecified atom stereocenters. The van der Waals surface area contributed by atoms with Crippen molar-refractivity contribution in [1.29, 1.82) is 0 Å². The third kappa shape index (κ3) is 3.25. The monoisotopic (exact) mass is 364 g/mol. The Hall–Kier alpha value is -2.62. The smallest absolute Gasteiger partial charge is 0.133 e. The Kier molecular flexibility index (Phi) is 4.50. The van der Waals surface area contributed by atoms with E-state index in [-0.39, 0.29) is 17.5 Å². The largest absolute Gasteiger partial charge is 0.508 e. The summed E-state index contributed by atoms with van der Waals surface area (Å²) in [5.41, 5.74) is 4.03. The van der Waals surface area contributed by atoms with Crippen molar-refractivity contribution in [3.8, 4) is 16.9 Å². The van der Waals surface area contributed by atoms with Gasteiger partial charge >= 0.3 is 0 Å². The van der Waals surface area contributed by atoms with Crippen LogP contribution < -0.4 is 4.90 Å². The molecule has 1 atom stereocenters. The van der Waals surface area contributed by atoms with Crippen LogP contribution in [-0.2, 0) is 0 Å². The van der Waals surface area contributed by atoms with Crippen LogP contribution in [0, 0.1) is 11.7 Å². The summed E-state index contributed by atoms with van der Waals surface area (Å²) >= 11 is 0. The fourth-order valence-corrected chi connectivity index (χ4v) is 4.10. The molecule has 1 aliphatic rings. The minimum absolute atomic E-state index is 0.207. The first-order chi connectivity index (χ1) is 12.9. The fourth-order valence-electron chi connectivity index (χ4n) is 4.10. The van der Waals surface area contributed by atoms with Crippen LogP contribution in [0.3, 0.4) is 0 Å². The molecule has 4 heteroatoms. The average Bonchev–Trinajstić information content (AvgIpc) is 3.07. The lowest BCUT2D eigenvalue weighted by Crippen LogP contribution is -2.23. The van der Waals surface area contributed by atoms with E-state index in [2.05, 4.69) is 25.7 Å². The Morgan fingerprint density at radius 3 is 2.52 bits per heavy atom. The molecule has 1 aromatic heterocycles. The number of phenols is 1. The van der Waals surface area contributed by atoms with Crippen LogP contribution in [-0.4, -0.2) is 23.2 Å². The van der Waals surface area contributed by atoms with Crippen molar-refractivity contribution < 1.29 is 9.50 Å². The van der Waals surface area contributed by atoms with Gasteiger partial charge in [0.15, 0.2) is 0 Å². The third-order valence-corrected chi connectivity index (χ3v) is 5.42. The maximum absolute atomic E-state index is 13.5. The number of benzene rings is 2. The Bertz CT molecular complexity index is 982. The van der Waals surface area contributed by atoms with Crippen molar-refractivity contribution in [2.24, 2.45) is 5.92 Å². The number of aromatic hydroxyl groups is 1. The minimum Gasteiger partial charge on any atom is -0.508 e. The van der Waals surface area contributed by atoms with Gasteiger partial charge in [0.1, 0.15) is 17.4 Å². The molecule has 27 heavy (non-hydrogen) atoms. The number of nitrogens with zero attached hydrogens (tertiary/aromatic N) is 2. The molecule has 1 N–H and O–H groups in total. The van der Waals surface area contributed by atoms with Gasteiger partial charge in [0.25, 0.3) is 0 Å². The number of hydrogen-bond donors (Lipinski definition) is 1. The predicted molar refractivity (Wildman–Crippen MR) is 109 cm³/mol. The van der Waals surface area contributed by atoms with Gasteiger partial charge in [-0.25, -0.2) is 9.37 Å². The quantitative estimate of drug-likeness (QED) is 0.646. The Balaban J connectivity index is 2.05. The maximum Gasteiger partial charge on any atom is 0.133 e. The van der Waals surface area contributed by atoms with Crippen LogP contribution in [0.2, 0.25) is 0 Å². The van der Waals surface area contributed by atoms with Gasteiger partial charge in [-0.2, -0.15) is 0 Å². The third-order valence-electron chi connectivity index (χ3n) is 5.42. The van der Waals surface area contributed by atoms with Crippen LogP contribution in [0.1, 0.15) is 38.7 Å². The van der Waals surface area contributed by atoms with E-state index in [1.54, 1.807) is 12.1 Å². The highest BCUT2D eigenvalue weighted by molar-refractivity contribution is 5.99. The first kappa shape index (κ1) is 17.8. The van der Waals surface area contributed by atoms with Gasteiger partial charge in [-0.1, -0.05) is 32.9 Å². The van der Waals surface area contributed by atoms with Crippen molar-refractivity contribution in [3.05, 3.63) is 53.8 Å². The molecule has 1 fully saturated rings. The number of anilines is 1. The molecular formula is C23H25FN2O. The topological polar surface area (TPSA) is 36.4 Å². The molecule has 1 aliphatic heterocycles. The van der Waals surface area contributed by atoms with Gasteiger partial charge < -0.3 is 10.0 Å². The molecular weight excluding hydrogens is 339 g/mol. The van der Waals surface area contributed by atoms with E-state index in [0.29, 0.717) is 5.92 Å². The van der Waals surface area contributed by atoms with E-state index in [1.165, 1.54) is 17.7 Å². The molecule has 3 aromatic rings. The summed E-state index contributed by atoms with van der Waals surface area (Å²) in [6.07, 6.45) is 1.16. The van der Waals surface area contributed by atoms with Gasteiger partial charge in [-0.3, -0.25) is 0 Å². The van der Waals surface area contributed by atoms with Gasteiger partial charge in [0, 0.05) is 30.1 Å². The summed E-state index contributed by atoms with van der Waals surface area (Å²) < 4.78 is 13.5. The Morgan fingerprint density at radius 2 is 1.89 bits per heavy atom.